The number of ether oxygens (including phenoxy) is 1. The molecule has 0 saturated carbocycles. The van der Waals surface area contributed by atoms with E-state index in [4.69, 9.17) is 9.73 Å². The van der Waals surface area contributed by atoms with Crippen LogP contribution in [-0.2, 0) is 23.1 Å². The fraction of sp³-hybridized carbons (Fsp3) is 0.410. The van der Waals surface area contributed by atoms with Gasteiger partial charge in [-0.3, -0.25) is 10.2 Å². The van der Waals surface area contributed by atoms with Crippen molar-refractivity contribution in [2.24, 2.45) is 16.3 Å². The summed E-state index contributed by atoms with van der Waals surface area (Å²) in [4.78, 5) is 20.4. The van der Waals surface area contributed by atoms with E-state index in [1.165, 1.54) is 36.2 Å². The Hall–Kier alpha value is -3.83. The minimum Gasteiger partial charge on any atom is -0.454 e. The molecule has 1 aromatic heterocycles. The first-order chi connectivity index (χ1) is 23.8. The van der Waals surface area contributed by atoms with E-state index in [9.17, 15) is 10.2 Å². The van der Waals surface area contributed by atoms with Gasteiger partial charge >= 0.3 is 0 Å². The van der Waals surface area contributed by atoms with Gasteiger partial charge in [0.1, 0.15) is 23.2 Å². The van der Waals surface area contributed by atoms with Crippen LogP contribution < -0.4 is 14.8 Å². The lowest BCUT2D eigenvalue weighted by molar-refractivity contribution is -0.122. The molecule has 5 rings (SSSR count). The van der Waals surface area contributed by atoms with Crippen molar-refractivity contribution in [3.05, 3.63) is 94.7 Å². The van der Waals surface area contributed by atoms with Gasteiger partial charge in [0.05, 0.1) is 11.0 Å². The Kier molecular flexibility index (Phi) is 12.0. The van der Waals surface area contributed by atoms with Crippen LogP contribution in [0.4, 0.5) is 8.78 Å². The number of aromatic nitrogens is 1. The Bertz CT molecular complexity index is 1890. The van der Waals surface area contributed by atoms with Crippen LogP contribution in [0.5, 0.6) is 11.5 Å². The van der Waals surface area contributed by atoms with Gasteiger partial charge in [0.15, 0.2) is 11.6 Å². The Morgan fingerprint density at radius 2 is 1.92 bits per heavy atom. The van der Waals surface area contributed by atoms with Crippen molar-refractivity contribution < 1.29 is 18.3 Å². The van der Waals surface area contributed by atoms with E-state index in [-0.39, 0.29) is 46.0 Å². The summed E-state index contributed by atoms with van der Waals surface area (Å²) in [6.45, 7) is 8.45. The first-order valence-electron chi connectivity index (χ1n) is 17.0. The van der Waals surface area contributed by atoms with Crippen molar-refractivity contribution >= 4 is 52.2 Å². The minimum atomic E-state index is -0.813. The average molecular weight is 720 g/mol. The van der Waals surface area contributed by atoms with E-state index in [0.29, 0.717) is 24.8 Å². The fourth-order valence-electron chi connectivity index (χ4n) is 6.54. The molecule has 1 amide bonds. The number of thioether (sulfide) groups is 1. The Morgan fingerprint density at radius 3 is 2.68 bits per heavy atom. The van der Waals surface area contributed by atoms with E-state index in [0.717, 1.165) is 46.4 Å². The molecule has 1 aliphatic heterocycles. The van der Waals surface area contributed by atoms with Gasteiger partial charge in [-0.15, -0.1) is 0 Å². The van der Waals surface area contributed by atoms with Gasteiger partial charge in [0.2, 0.25) is 5.91 Å². The third-order valence-corrected chi connectivity index (χ3v) is 11.4. The topological polar surface area (TPSA) is 102 Å². The Labute approximate surface area is 302 Å². The molecule has 4 aromatic rings. The van der Waals surface area contributed by atoms with Crippen molar-refractivity contribution in [3.63, 3.8) is 0 Å². The first kappa shape index (κ1) is 37.4. The monoisotopic (exact) mass is 719 g/mol. The summed E-state index contributed by atoms with van der Waals surface area (Å²) in [5.74, 6) is 1.02. The Balaban J connectivity index is 1.58. The number of rotatable bonds is 5. The third kappa shape index (κ3) is 8.54. The molecular formula is C39H47F2N5O2S2. The maximum atomic E-state index is 15.6. The highest BCUT2D eigenvalue weighted by Crippen LogP contribution is 2.39. The molecule has 50 heavy (non-hydrogen) atoms. The van der Waals surface area contributed by atoms with Crippen LogP contribution in [0, 0.1) is 28.4 Å². The number of amides is 1. The van der Waals surface area contributed by atoms with Crippen molar-refractivity contribution in [3.8, 4) is 11.5 Å². The lowest BCUT2D eigenvalue weighted by atomic mass is 9.74. The summed E-state index contributed by atoms with van der Waals surface area (Å²) >= 11 is 3.12. The van der Waals surface area contributed by atoms with Crippen molar-refractivity contribution in [2.45, 2.75) is 65.2 Å². The summed E-state index contributed by atoms with van der Waals surface area (Å²) in [5.41, 5.74) is 2.68. The van der Waals surface area contributed by atoms with Crippen LogP contribution in [0.2, 0.25) is 0 Å². The number of hydrogen-bond donors (Lipinski definition) is 4. The average Bonchev–Trinajstić information content (AvgIpc) is 3.55. The molecule has 3 aromatic carbocycles. The van der Waals surface area contributed by atoms with E-state index in [1.54, 1.807) is 13.2 Å². The summed E-state index contributed by atoms with van der Waals surface area (Å²) in [5, 5.41) is 13.3. The molecule has 0 spiro atoms. The molecule has 0 aliphatic carbocycles. The van der Waals surface area contributed by atoms with E-state index in [1.807, 2.05) is 56.1 Å². The number of amidine groups is 2. The summed E-state index contributed by atoms with van der Waals surface area (Å²) in [7, 11) is 1.64. The summed E-state index contributed by atoms with van der Waals surface area (Å²) in [6.07, 6.45) is 7.18. The Morgan fingerprint density at radius 1 is 1.12 bits per heavy atom. The minimum absolute atomic E-state index is 0.00574. The number of nitrogens with zero attached hydrogens (tertiary/aromatic N) is 1. The summed E-state index contributed by atoms with van der Waals surface area (Å²) in [6, 6.07) is 15.7. The second-order valence-corrected chi connectivity index (χ2v) is 15.8. The number of fused-ring (bicyclic) bond motifs is 5. The highest BCUT2D eigenvalue weighted by molar-refractivity contribution is 7.99. The van der Waals surface area contributed by atoms with Gasteiger partial charge in [-0.25, -0.2) is 13.8 Å². The maximum Gasteiger partial charge on any atom is 0.232 e. The molecule has 266 valence electrons. The lowest BCUT2D eigenvalue weighted by Crippen LogP contribution is -2.34. The normalized spacial score (nSPS) is 20.4. The van der Waals surface area contributed by atoms with Crippen molar-refractivity contribution in [1.82, 2.24) is 15.0 Å². The maximum absolute atomic E-state index is 15.6. The number of aryl methyl sites for hydroxylation is 1. The third-order valence-electron chi connectivity index (χ3n) is 9.54. The number of aliphatic imine (C=N–C) groups is 1. The van der Waals surface area contributed by atoms with E-state index >= 15 is 8.78 Å². The van der Waals surface area contributed by atoms with Crippen LogP contribution in [0.25, 0.3) is 10.9 Å². The van der Waals surface area contributed by atoms with Gasteiger partial charge in [-0.05, 0) is 84.9 Å². The van der Waals surface area contributed by atoms with Gasteiger partial charge < -0.3 is 19.8 Å². The van der Waals surface area contributed by atoms with E-state index < -0.39 is 17.0 Å². The van der Waals surface area contributed by atoms with Crippen LogP contribution in [0.15, 0.2) is 65.8 Å². The fourth-order valence-corrected chi connectivity index (χ4v) is 8.13. The van der Waals surface area contributed by atoms with Gasteiger partial charge in [-0.1, -0.05) is 63.4 Å². The highest BCUT2D eigenvalue weighted by atomic mass is 32.2. The quantitative estimate of drug-likeness (QED) is 0.154. The van der Waals surface area contributed by atoms with E-state index in [2.05, 4.69) is 34.9 Å². The molecule has 1 aliphatic rings. The first-order valence-corrected chi connectivity index (χ1v) is 19.3. The molecule has 11 heteroatoms. The zero-order valence-electron chi connectivity index (χ0n) is 29.6. The smallest absolute Gasteiger partial charge is 0.232 e. The van der Waals surface area contributed by atoms with Crippen LogP contribution in [0.3, 0.4) is 0 Å². The SMILES string of the molecule is CN/C1=N\C(=N)C(C)(c2cccc(CC(C)C(=O)NSC)c2)CCCC(C)(C)CSCCc2c(c(F)cc3[nH]ccc23)Oc2ccc(F)c1c2. The number of carbonyl (C=O) groups excluding carboxylic acids is 1. The molecule has 7 nitrogen and oxygen atoms in total. The van der Waals surface area contributed by atoms with Crippen molar-refractivity contribution in [1.29, 1.82) is 5.41 Å². The predicted octanol–water partition coefficient (Wildman–Crippen LogP) is 9.20. The van der Waals surface area contributed by atoms with Gasteiger partial charge in [0, 0.05) is 48.0 Å². The number of halogens is 2. The zero-order chi connectivity index (χ0) is 36.1. The molecule has 0 radical (unpaired) electrons. The number of hydrogen-bond acceptors (Lipinski definition) is 6. The molecule has 0 saturated heterocycles. The number of nitrogens with one attached hydrogen (secondary N) is 4. The highest BCUT2D eigenvalue weighted by Gasteiger charge is 2.34. The molecule has 2 bridgehead atoms. The van der Waals surface area contributed by atoms with Gasteiger partial charge in [0.25, 0.3) is 0 Å². The molecular weight excluding hydrogens is 673 g/mol. The number of H-pyrrole nitrogens is 1. The zero-order valence-corrected chi connectivity index (χ0v) is 31.3. The van der Waals surface area contributed by atoms with Crippen LogP contribution >= 0.6 is 23.7 Å². The molecule has 4 N–H and O–H groups in total. The number of aromatic amines is 1. The molecule has 0 fully saturated rings. The molecule has 2 atom stereocenters. The second kappa shape index (κ2) is 16.0. The largest absolute Gasteiger partial charge is 0.454 e. The van der Waals surface area contributed by atoms with Crippen molar-refractivity contribution in [2.75, 3.05) is 24.8 Å². The number of benzene rings is 3. The molecule has 2 unspecified atom stereocenters. The van der Waals surface area contributed by atoms with Gasteiger partial charge in [-0.2, -0.15) is 11.8 Å². The van der Waals surface area contributed by atoms with Crippen LogP contribution in [-0.4, -0.2) is 47.4 Å². The standard InChI is InChI=1S/C39H47F2N5O2S2/c1-24(36(47)46-49-6)19-25-9-7-10-26(20-25)39(4)16-8-15-38(2,3)23-50-18-14-29-28-13-17-44-33(28)22-32(41)34(29)48-27-11-12-31(40)30(21-27)35(43-5)45-37(39)42/h7,9-13,17,20-22,24,44H,8,14-16,18-19,23H2,1-6H3,(H,46,47)(H2,42,43,45). The molecule has 2 heterocycles. The second-order valence-electron chi connectivity index (χ2n) is 14.0. The number of carbonyl (C=O) groups is 1. The predicted molar refractivity (Wildman–Crippen MR) is 205 cm³/mol. The summed E-state index contributed by atoms with van der Waals surface area (Å²) < 4.78 is 40.2. The lowest BCUT2D eigenvalue weighted by Gasteiger charge is -2.32. The van der Waals surface area contributed by atoms with Crippen LogP contribution in [0.1, 0.15) is 69.2 Å².